The van der Waals surface area contributed by atoms with Gasteiger partial charge in [-0.1, -0.05) is 29.3 Å². The van der Waals surface area contributed by atoms with Gasteiger partial charge in [0.1, 0.15) is 6.54 Å². The van der Waals surface area contributed by atoms with E-state index >= 15 is 0 Å². The lowest BCUT2D eigenvalue weighted by Crippen LogP contribution is -2.56. The molecule has 0 bridgehead atoms. The predicted octanol–water partition coefficient (Wildman–Crippen LogP) is 2.52. The van der Waals surface area contributed by atoms with Crippen molar-refractivity contribution in [3.63, 3.8) is 0 Å². The van der Waals surface area contributed by atoms with Gasteiger partial charge in [0.05, 0.1) is 0 Å². The highest BCUT2D eigenvalue weighted by Crippen LogP contribution is 2.22. The SMILES string of the molecule is O=C(CN1CCN(c2cccc(Cl)c2)C(=O)C1=O)NCCC1=CCCCC1. The number of amides is 3. The first-order valence-corrected chi connectivity index (χ1v) is 9.73. The highest BCUT2D eigenvalue weighted by Gasteiger charge is 2.34. The molecule has 7 heteroatoms. The molecule has 27 heavy (non-hydrogen) atoms. The minimum absolute atomic E-state index is 0.0903. The van der Waals surface area contributed by atoms with Crippen LogP contribution in [0.15, 0.2) is 35.9 Å². The molecule has 0 radical (unpaired) electrons. The summed E-state index contributed by atoms with van der Waals surface area (Å²) in [6.45, 7) is 1.13. The molecule has 3 amide bonds. The van der Waals surface area contributed by atoms with Gasteiger partial charge >= 0.3 is 11.8 Å². The van der Waals surface area contributed by atoms with Crippen LogP contribution in [-0.2, 0) is 14.4 Å². The van der Waals surface area contributed by atoms with E-state index in [1.165, 1.54) is 28.2 Å². The number of nitrogens with one attached hydrogen (secondary N) is 1. The fraction of sp³-hybridized carbons (Fsp3) is 0.450. The van der Waals surface area contributed by atoms with Crippen molar-refractivity contribution in [2.24, 2.45) is 0 Å². The summed E-state index contributed by atoms with van der Waals surface area (Å²) < 4.78 is 0. The van der Waals surface area contributed by atoms with Crippen molar-refractivity contribution in [3.05, 3.63) is 40.9 Å². The molecule has 0 unspecified atom stereocenters. The number of anilines is 1. The molecule has 1 aromatic rings. The van der Waals surface area contributed by atoms with Crippen molar-refractivity contribution in [1.82, 2.24) is 10.2 Å². The van der Waals surface area contributed by atoms with Gasteiger partial charge in [-0.3, -0.25) is 14.4 Å². The Morgan fingerprint density at radius 2 is 2.00 bits per heavy atom. The summed E-state index contributed by atoms with van der Waals surface area (Å²) in [6, 6.07) is 6.83. The molecule has 144 valence electrons. The predicted molar refractivity (Wildman–Crippen MR) is 105 cm³/mol. The zero-order valence-electron chi connectivity index (χ0n) is 15.2. The van der Waals surface area contributed by atoms with E-state index in [0.717, 1.165) is 19.3 Å². The van der Waals surface area contributed by atoms with E-state index in [0.29, 0.717) is 30.3 Å². The van der Waals surface area contributed by atoms with Gasteiger partial charge in [-0.2, -0.15) is 0 Å². The molecule has 1 N–H and O–H groups in total. The first kappa shape index (κ1) is 19.4. The van der Waals surface area contributed by atoms with Gasteiger partial charge in [-0.05, 0) is 50.3 Å². The summed E-state index contributed by atoms with van der Waals surface area (Å²) in [7, 11) is 0. The standard InChI is InChI=1S/C20H24ClN3O3/c21-16-7-4-8-17(13-16)24-12-11-23(19(26)20(24)27)14-18(25)22-10-9-15-5-2-1-3-6-15/h4-5,7-8,13H,1-3,6,9-12,14H2,(H,22,25). The summed E-state index contributed by atoms with van der Waals surface area (Å²) in [6.07, 6.45) is 7.79. The molecule has 0 atom stereocenters. The zero-order chi connectivity index (χ0) is 19.2. The Balaban J connectivity index is 1.48. The molecule has 3 rings (SSSR count). The number of nitrogens with zero attached hydrogens (tertiary/aromatic N) is 2. The summed E-state index contributed by atoms with van der Waals surface area (Å²) >= 11 is 5.96. The molecule has 1 aliphatic carbocycles. The third-order valence-corrected chi connectivity index (χ3v) is 5.15. The zero-order valence-corrected chi connectivity index (χ0v) is 16.0. The molecule has 1 saturated heterocycles. The smallest absolute Gasteiger partial charge is 0.316 e. The Morgan fingerprint density at radius 3 is 2.74 bits per heavy atom. The number of allylic oxidation sites excluding steroid dienone is 1. The van der Waals surface area contributed by atoms with E-state index in [1.807, 2.05) is 0 Å². The molecular weight excluding hydrogens is 366 g/mol. The van der Waals surface area contributed by atoms with Crippen molar-refractivity contribution in [1.29, 1.82) is 0 Å². The molecule has 1 aromatic carbocycles. The number of carbonyl (C=O) groups excluding carboxylic acids is 3. The van der Waals surface area contributed by atoms with Crippen molar-refractivity contribution in [3.8, 4) is 0 Å². The second-order valence-electron chi connectivity index (χ2n) is 6.87. The number of benzene rings is 1. The summed E-state index contributed by atoms with van der Waals surface area (Å²) in [4.78, 5) is 39.6. The molecule has 0 saturated carbocycles. The first-order chi connectivity index (χ1) is 13.0. The number of rotatable bonds is 6. The largest absolute Gasteiger partial charge is 0.354 e. The summed E-state index contributed by atoms with van der Waals surface area (Å²) in [5.41, 5.74) is 1.98. The first-order valence-electron chi connectivity index (χ1n) is 9.35. The Labute approximate surface area is 164 Å². The van der Waals surface area contributed by atoms with Crippen LogP contribution in [0.3, 0.4) is 0 Å². The topological polar surface area (TPSA) is 69.7 Å². The van der Waals surface area contributed by atoms with Crippen molar-refractivity contribution in [2.75, 3.05) is 31.1 Å². The van der Waals surface area contributed by atoms with E-state index in [9.17, 15) is 14.4 Å². The number of hydrogen-bond donors (Lipinski definition) is 1. The summed E-state index contributed by atoms with van der Waals surface area (Å²) in [5, 5.41) is 3.35. The van der Waals surface area contributed by atoms with E-state index < -0.39 is 11.8 Å². The average Bonchev–Trinajstić information content (AvgIpc) is 2.66. The van der Waals surface area contributed by atoms with E-state index in [2.05, 4.69) is 11.4 Å². The third-order valence-electron chi connectivity index (χ3n) is 4.92. The van der Waals surface area contributed by atoms with Crippen LogP contribution in [0.25, 0.3) is 0 Å². The Morgan fingerprint density at radius 1 is 1.15 bits per heavy atom. The second kappa shape index (κ2) is 9.04. The number of hydrogen-bond acceptors (Lipinski definition) is 3. The third kappa shape index (κ3) is 5.10. The van der Waals surface area contributed by atoms with Crippen LogP contribution in [0.5, 0.6) is 0 Å². The van der Waals surface area contributed by atoms with Crippen LogP contribution in [0, 0.1) is 0 Å². The minimum Gasteiger partial charge on any atom is -0.354 e. The molecule has 0 spiro atoms. The van der Waals surface area contributed by atoms with Crippen LogP contribution in [0.1, 0.15) is 32.1 Å². The lowest BCUT2D eigenvalue weighted by Gasteiger charge is -2.33. The quantitative estimate of drug-likeness (QED) is 0.600. The maximum atomic E-state index is 12.4. The summed E-state index contributed by atoms with van der Waals surface area (Å²) in [5.74, 6) is -1.53. The molecule has 0 aromatic heterocycles. The second-order valence-corrected chi connectivity index (χ2v) is 7.31. The lowest BCUT2D eigenvalue weighted by atomic mass is 9.97. The fourth-order valence-corrected chi connectivity index (χ4v) is 3.62. The van der Waals surface area contributed by atoms with Gasteiger partial charge < -0.3 is 15.1 Å². The lowest BCUT2D eigenvalue weighted by molar-refractivity contribution is -0.147. The molecular formula is C20H24ClN3O3. The maximum absolute atomic E-state index is 12.4. The van der Waals surface area contributed by atoms with Gasteiger partial charge in [-0.15, -0.1) is 0 Å². The minimum atomic E-state index is -0.661. The van der Waals surface area contributed by atoms with Crippen LogP contribution in [-0.4, -0.2) is 48.8 Å². The molecule has 1 heterocycles. The van der Waals surface area contributed by atoms with Gasteiger partial charge in [-0.25, -0.2) is 0 Å². The van der Waals surface area contributed by atoms with Gasteiger partial charge in [0.2, 0.25) is 5.91 Å². The maximum Gasteiger partial charge on any atom is 0.316 e. The van der Waals surface area contributed by atoms with Crippen molar-refractivity contribution in [2.45, 2.75) is 32.1 Å². The van der Waals surface area contributed by atoms with Crippen LogP contribution in [0.2, 0.25) is 5.02 Å². The molecule has 6 nitrogen and oxygen atoms in total. The van der Waals surface area contributed by atoms with Crippen molar-refractivity contribution >= 4 is 35.0 Å². The van der Waals surface area contributed by atoms with E-state index in [1.54, 1.807) is 24.3 Å². The van der Waals surface area contributed by atoms with Crippen LogP contribution >= 0.6 is 11.6 Å². The molecule has 1 fully saturated rings. The van der Waals surface area contributed by atoms with Gasteiger partial charge in [0, 0.05) is 30.3 Å². The normalized spacial score (nSPS) is 17.7. The number of halogens is 1. The highest BCUT2D eigenvalue weighted by atomic mass is 35.5. The number of piperazine rings is 1. The fourth-order valence-electron chi connectivity index (χ4n) is 3.44. The Bertz CT molecular complexity index is 763. The molecule has 1 aliphatic heterocycles. The monoisotopic (exact) mass is 389 g/mol. The van der Waals surface area contributed by atoms with E-state index in [4.69, 9.17) is 11.6 Å². The molecule has 2 aliphatic rings. The highest BCUT2D eigenvalue weighted by molar-refractivity contribution is 6.41. The van der Waals surface area contributed by atoms with Gasteiger partial charge in [0.25, 0.3) is 0 Å². The van der Waals surface area contributed by atoms with Crippen molar-refractivity contribution < 1.29 is 14.4 Å². The number of carbonyl (C=O) groups is 3. The van der Waals surface area contributed by atoms with E-state index in [-0.39, 0.29) is 12.5 Å². The average molecular weight is 390 g/mol. The van der Waals surface area contributed by atoms with Crippen LogP contribution < -0.4 is 10.2 Å². The Kier molecular flexibility index (Phi) is 6.50. The van der Waals surface area contributed by atoms with Gasteiger partial charge in [0.15, 0.2) is 0 Å². The Hall–Kier alpha value is -2.34. The van der Waals surface area contributed by atoms with Crippen LogP contribution in [0.4, 0.5) is 5.69 Å².